The molecule has 0 bridgehead atoms. The summed E-state index contributed by atoms with van der Waals surface area (Å²) in [5.41, 5.74) is 0. The summed E-state index contributed by atoms with van der Waals surface area (Å²) in [7, 11) is -3.12. The monoisotopic (exact) mass is 229 g/mol. The lowest BCUT2D eigenvalue weighted by atomic mass is 10.4. The summed E-state index contributed by atoms with van der Waals surface area (Å²) >= 11 is 0. The molecular weight excluding hydrogens is 214 g/mol. The largest absolute Gasteiger partial charge is 0.465 e. The van der Waals surface area contributed by atoms with Gasteiger partial charge in [-0.05, 0) is 31.9 Å². The summed E-state index contributed by atoms with van der Waals surface area (Å²) < 4.78 is 29.9. The standard InChI is InChI=1S/C10H15NO3S/c1-8-3-6-10(14-8)7-11(9-4-5-9)15(2,12)13/h3,6,9H,4-5,7H2,1-2H3. The van der Waals surface area contributed by atoms with Crippen molar-refractivity contribution in [2.45, 2.75) is 32.4 Å². The lowest BCUT2D eigenvalue weighted by molar-refractivity contribution is 0.354. The molecule has 0 N–H and O–H groups in total. The Balaban J connectivity index is 2.14. The molecule has 1 aromatic rings. The molecule has 0 aliphatic heterocycles. The molecule has 1 aromatic heterocycles. The molecule has 2 rings (SSSR count). The van der Waals surface area contributed by atoms with Gasteiger partial charge in [-0.2, -0.15) is 4.31 Å². The Morgan fingerprint density at radius 1 is 1.47 bits per heavy atom. The smallest absolute Gasteiger partial charge is 0.211 e. The minimum absolute atomic E-state index is 0.186. The molecule has 0 atom stereocenters. The number of furan rings is 1. The Morgan fingerprint density at radius 2 is 2.13 bits per heavy atom. The van der Waals surface area contributed by atoms with Gasteiger partial charge in [0.1, 0.15) is 11.5 Å². The van der Waals surface area contributed by atoms with Gasteiger partial charge >= 0.3 is 0 Å². The summed E-state index contributed by atoms with van der Waals surface area (Å²) in [6.07, 6.45) is 3.18. The summed E-state index contributed by atoms with van der Waals surface area (Å²) in [5, 5.41) is 0. The lowest BCUT2D eigenvalue weighted by Gasteiger charge is -2.17. The summed E-state index contributed by atoms with van der Waals surface area (Å²) in [5.74, 6) is 1.53. The van der Waals surface area contributed by atoms with Gasteiger partial charge in [0.2, 0.25) is 10.0 Å². The van der Waals surface area contributed by atoms with Crippen molar-refractivity contribution < 1.29 is 12.8 Å². The average Bonchev–Trinajstić information content (AvgIpc) is 2.85. The first kappa shape index (κ1) is 10.7. The highest BCUT2D eigenvalue weighted by atomic mass is 32.2. The van der Waals surface area contributed by atoms with E-state index in [9.17, 15) is 8.42 Å². The van der Waals surface area contributed by atoms with Crippen LogP contribution in [0.1, 0.15) is 24.4 Å². The molecule has 0 amide bonds. The van der Waals surface area contributed by atoms with Crippen LogP contribution in [0.3, 0.4) is 0 Å². The highest BCUT2D eigenvalue weighted by Crippen LogP contribution is 2.30. The fourth-order valence-electron chi connectivity index (χ4n) is 1.60. The molecule has 0 aromatic carbocycles. The second-order valence-electron chi connectivity index (χ2n) is 4.05. The molecule has 1 fully saturated rings. The molecule has 84 valence electrons. The second-order valence-corrected chi connectivity index (χ2v) is 5.99. The van der Waals surface area contributed by atoms with Crippen LogP contribution in [0.5, 0.6) is 0 Å². The number of nitrogens with zero attached hydrogens (tertiary/aromatic N) is 1. The van der Waals surface area contributed by atoms with E-state index in [1.807, 2.05) is 19.1 Å². The maximum absolute atomic E-state index is 11.5. The van der Waals surface area contributed by atoms with Crippen LogP contribution in [0.4, 0.5) is 0 Å². The van der Waals surface area contributed by atoms with Crippen LogP contribution in [0.15, 0.2) is 16.5 Å². The predicted molar refractivity (Wildman–Crippen MR) is 56.9 cm³/mol. The van der Waals surface area contributed by atoms with Gasteiger partial charge in [-0.1, -0.05) is 0 Å². The normalized spacial score (nSPS) is 17.3. The molecule has 15 heavy (non-hydrogen) atoms. The van der Waals surface area contributed by atoms with Crippen LogP contribution in [-0.4, -0.2) is 25.0 Å². The highest BCUT2D eigenvalue weighted by molar-refractivity contribution is 7.88. The zero-order chi connectivity index (χ0) is 11.1. The summed E-state index contributed by atoms with van der Waals surface area (Å²) in [6.45, 7) is 2.21. The number of rotatable bonds is 4. The third kappa shape index (κ3) is 2.60. The SMILES string of the molecule is Cc1ccc(CN(C2CC2)S(C)(=O)=O)o1. The molecule has 0 radical (unpaired) electrons. The number of hydrogen-bond donors (Lipinski definition) is 0. The number of sulfonamides is 1. The first-order valence-corrected chi connectivity index (χ1v) is 6.84. The Morgan fingerprint density at radius 3 is 2.53 bits per heavy atom. The van der Waals surface area contributed by atoms with Crippen LogP contribution in [0.25, 0.3) is 0 Å². The van der Waals surface area contributed by atoms with E-state index in [1.54, 1.807) is 0 Å². The number of hydrogen-bond acceptors (Lipinski definition) is 3. The minimum atomic E-state index is -3.12. The van der Waals surface area contributed by atoms with Crippen molar-refractivity contribution in [2.75, 3.05) is 6.26 Å². The van der Waals surface area contributed by atoms with Gasteiger partial charge < -0.3 is 4.42 Å². The fourth-order valence-corrected chi connectivity index (χ4v) is 2.72. The van der Waals surface area contributed by atoms with Crippen LogP contribution in [-0.2, 0) is 16.6 Å². The van der Waals surface area contributed by atoms with Crippen molar-refractivity contribution in [1.29, 1.82) is 0 Å². The van der Waals surface area contributed by atoms with Gasteiger partial charge in [0, 0.05) is 6.04 Å². The van der Waals surface area contributed by atoms with Crippen molar-refractivity contribution in [2.24, 2.45) is 0 Å². The van der Waals surface area contributed by atoms with Gasteiger partial charge in [0.25, 0.3) is 0 Å². The minimum Gasteiger partial charge on any atom is -0.465 e. The lowest BCUT2D eigenvalue weighted by Crippen LogP contribution is -2.31. The van der Waals surface area contributed by atoms with Gasteiger partial charge in [-0.15, -0.1) is 0 Å². The fraction of sp³-hybridized carbons (Fsp3) is 0.600. The van der Waals surface area contributed by atoms with E-state index >= 15 is 0 Å². The molecule has 4 nitrogen and oxygen atoms in total. The van der Waals surface area contributed by atoms with Gasteiger partial charge in [0.05, 0.1) is 12.8 Å². The van der Waals surface area contributed by atoms with E-state index in [2.05, 4.69) is 0 Å². The zero-order valence-electron chi connectivity index (χ0n) is 8.93. The third-order valence-electron chi connectivity index (χ3n) is 2.49. The van der Waals surface area contributed by atoms with Crippen molar-refractivity contribution in [3.05, 3.63) is 23.7 Å². The van der Waals surface area contributed by atoms with E-state index in [0.29, 0.717) is 12.3 Å². The molecular formula is C10H15NO3S. The van der Waals surface area contributed by atoms with Crippen molar-refractivity contribution in [3.63, 3.8) is 0 Å². The van der Waals surface area contributed by atoms with Crippen molar-refractivity contribution >= 4 is 10.0 Å². The van der Waals surface area contributed by atoms with Crippen LogP contribution >= 0.6 is 0 Å². The van der Waals surface area contributed by atoms with E-state index in [-0.39, 0.29) is 6.04 Å². The molecule has 0 spiro atoms. The quantitative estimate of drug-likeness (QED) is 0.786. The Kier molecular flexibility index (Phi) is 2.60. The molecule has 5 heteroatoms. The molecule has 0 saturated heterocycles. The van der Waals surface area contributed by atoms with Crippen LogP contribution in [0, 0.1) is 6.92 Å². The second kappa shape index (κ2) is 3.64. The van der Waals surface area contributed by atoms with E-state index in [1.165, 1.54) is 10.6 Å². The maximum Gasteiger partial charge on any atom is 0.211 e. The Hall–Kier alpha value is -0.810. The van der Waals surface area contributed by atoms with Crippen LogP contribution in [0.2, 0.25) is 0 Å². The third-order valence-corrected chi connectivity index (χ3v) is 3.77. The topological polar surface area (TPSA) is 50.5 Å². The Labute approximate surface area is 89.9 Å². The van der Waals surface area contributed by atoms with Gasteiger partial charge in [-0.25, -0.2) is 8.42 Å². The van der Waals surface area contributed by atoms with Gasteiger partial charge in [0.15, 0.2) is 0 Å². The molecule has 1 saturated carbocycles. The highest BCUT2D eigenvalue weighted by Gasteiger charge is 2.35. The predicted octanol–water partition coefficient (Wildman–Crippen LogP) is 1.51. The summed E-state index contributed by atoms with van der Waals surface area (Å²) in [4.78, 5) is 0. The number of aryl methyl sites for hydroxylation is 1. The van der Waals surface area contributed by atoms with E-state index in [0.717, 1.165) is 18.6 Å². The van der Waals surface area contributed by atoms with Gasteiger partial charge in [-0.3, -0.25) is 0 Å². The van der Waals surface area contributed by atoms with E-state index < -0.39 is 10.0 Å². The van der Waals surface area contributed by atoms with Crippen molar-refractivity contribution in [1.82, 2.24) is 4.31 Å². The first-order chi connectivity index (χ1) is 6.97. The zero-order valence-corrected chi connectivity index (χ0v) is 9.75. The molecule has 0 unspecified atom stereocenters. The maximum atomic E-state index is 11.5. The van der Waals surface area contributed by atoms with Crippen LogP contribution < -0.4 is 0 Å². The average molecular weight is 229 g/mol. The molecule has 1 aliphatic rings. The first-order valence-electron chi connectivity index (χ1n) is 4.99. The van der Waals surface area contributed by atoms with Crippen molar-refractivity contribution in [3.8, 4) is 0 Å². The molecule has 1 aliphatic carbocycles. The summed E-state index contributed by atoms with van der Waals surface area (Å²) in [6, 6.07) is 3.86. The van der Waals surface area contributed by atoms with E-state index in [4.69, 9.17) is 4.42 Å². The Bertz CT molecular complexity index is 445. The molecule has 1 heterocycles.